The van der Waals surface area contributed by atoms with E-state index in [0.717, 1.165) is 18.7 Å². The summed E-state index contributed by atoms with van der Waals surface area (Å²) >= 11 is 0. The van der Waals surface area contributed by atoms with Crippen LogP contribution in [-0.2, 0) is 9.53 Å². The zero-order valence-corrected chi connectivity index (χ0v) is 12.5. The van der Waals surface area contributed by atoms with Crippen LogP contribution in [0.15, 0.2) is 18.5 Å². The average Bonchev–Trinajstić information content (AvgIpc) is 2.47. The van der Waals surface area contributed by atoms with Gasteiger partial charge in [-0.2, -0.15) is 0 Å². The van der Waals surface area contributed by atoms with Gasteiger partial charge < -0.3 is 4.74 Å². The van der Waals surface area contributed by atoms with Crippen LogP contribution < -0.4 is 0 Å². The van der Waals surface area contributed by atoms with Crippen LogP contribution in [0.2, 0.25) is 0 Å². The number of aromatic nitrogens is 1. The lowest BCUT2D eigenvalue weighted by Crippen LogP contribution is -2.35. The van der Waals surface area contributed by atoms with Gasteiger partial charge in [0.25, 0.3) is 0 Å². The van der Waals surface area contributed by atoms with E-state index in [4.69, 9.17) is 4.74 Å². The number of carbonyl (C=O) groups is 1. The fourth-order valence-corrected chi connectivity index (χ4v) is 2.87. The van der Waals surface area contributed by atoms with E-state index in [1.807, 2.05) is 19.2 Å². The molecule has 0 radical (unpaired) electrons. The third-order valence-corrected chi connectivity index (χ3v) is 3.94. The van der Waals surface area contributed by atoms with Gasteiger partial charge >= 0.3 is 5.97 Å². The molecule has 1 aromatic rings. The minimum absolute atomic E-state index is 0.100. The van der Waals surface area contributed by atoms with Crippen molar-refractivity contribution in [1.29, 1.82) is 0 Å². The summed E-state index contributed by atoms with van der Waals surface area (Å²) in [4.78, 5) is 18.6. The predicted molar refractivity (Wildman–Crippen MR) is 78.4 cm³/mol. The molecule has 4 heteroatoms. The summed E-state index contributed by atoms with van der Waals surface area (Å²) in [6, 6.07) is 2.11. The molecule has 4 nitrogen and oxygen atoms in total. The summed E-state index contributed by atoms with van der Waals surface area (Å²) in [5.41, 5.74) is 2.35. The van der Waals surface area contributed by atoms with Crippen molar-refractivity contribution in [1.82, 2.24) is 9.88 Å². The number of ether oxygens (including phenoxy) is 1. The molecule has 0 aromatic carbocycles. The minimum Gasteiger partial charge on any atom is -0.466 e. The Morgan fingerprint density at radius 2 is 2.15 bits per heavy atom. The lowest BCUT2D eigenvalue weighted by Gasteiger charge is -2.34. The number of rotatable bonds is 5. The van der Waals surface area contributed by atoms with Crippen LogP contribution in [0.5, 0.6) is 0 Å². The number of hydrogen-bond donors (Lipinski definition) is 0. The summed E-state index contributed by atoms with van der Waals surface area (Å²) < 4.78 is 5.14. The molecular formula is C16H24N2O2. The fourth-order valence-electron chi connectivity index (χ4n) is 2.87. The molecule has 2 heterocycles. The summed E-state index contributed by atoms with van der Waals surface area (Å²) in [5, 5.41) is 0. The van der Waals surface area contributed by atoms with E-state index in [0.29, 0.717) is 13.0 Å². The maximum Gasteiger partial charge on any atom is 0.307 e. The molecule has 0 aliphatic carbocycles. The third-order valence-electron chi connectivity index (χ3n) is 3.94. The van der Waals surface area contributed by atoms with Gasteiger partial charge in [0.05, 0.1) is 13.0 Å². The molecule has 110 valence electrons. The first-order chi connectivity index (χ1) is 9.72. The van der Waals surface area contributed by atoms with E-state index in [1.165, 1.54) is 24.8 Å². The van der Waals surface area contributed by atoms with Crippen molar-refractivity contribution in [3.63, 3.8) is 0 Å². The normalized spacial score (nSPS) is 17.7. The molecule has 1 unspecified atom stereocenters. The SMILES string of the molecule is CCOC(=O)CC(c1cnccc1C)N1CCCCC1. The molecule has 0 amide bonds. The monoisotopic (exact) mass is 276 g/mol. The lowest BCUT2D eigenvalue weighted by atomic mass is 9.97. The van der Waals surface area contributed by atoms with Crippen molar-refractivity contribution in [3.8, 4) is 0 Å². The Balaban J connectivity index is 2.19. The lowest BCUT2D eigenvalue weighted by molar-refractivity contribution is -0.144. The van der Waals surface area contributed by atoms with Crippen LogP contribution in [0.25, 0.3) is 0 Å². The van der Waals surface area contributed by atoms with E-state index in [-0.39, 0.29) is 12.0 Å². The minimum atomic E-state index is -0.119. The molecular weight excluding hydrogens is 252 g/mol. The average molecular weight is 276 g/mol. The standard InChI is InChI=1S/C16H24N2O2/c1-3-20-16(19)11-15(18-9-5-4-6-10-18)14-12-17-8-7-13(14)2/h7-8,12,15H,3-6,9-11H2,1-2H3. The Kier molecular flexibility index (Phi) is 5.53. The van der Waals surface area contributed by atoms with Gasteiger partial charge in [-0.05, 0) is 57.0 Å². The molecule has 1 saturated heterocycles. The molecule has 2 rings (SSSR count). The van der Waals surface area contributed by atoms with Gasteiger partial charge in [0, 0.05) is 18.4 Å². The Bertz CT molecular complexity index is 442. The smallest absolute Gasteiger partial charge is 0.307 e. The maximum atomic E-state index is 11.9. The first-order valence-corrected chi connectivity index (χ1v) is 7.52. The Labute approximate surface area is 121 Å². The van der Waals surface area contributed by atoms with Crippen LogP contribution >= 0.6 is 0 Å². The number of pyridine rings is 1. The van der Waals surface area contributed by atoms with Crippen molar-refractivity contribution in [2.24, 2.45) is 0 Å². The van der Waals surface area contributed by atoms with Gasteiger partial charge in [-0.15, -0.1) is 0 Å². The van der Waals surface area contributed by atoms with E-state index >= 15 is 0 Å². The van der Waals surface area contributed by atoms with Crippen LogP contribution in [0.1, 0.15) is 49.8 Å². The number of aryl methyl sites for hydroxylation is 1. The summed E-state index contributed by atoms with van der Waals surface area (Å²) in [6.45, 7) is 6.48. The molecule has 1 aliphatic heterocycles. The zero-order chi connectivity index (χ0) is 14.4. The van der Waals surface area contributed by atoms with Crippen molar-refractivity contribution in [2.75, 3.05) is 19.7 Å². The molecule has 20 heavy (non-hydrogen) atoms. The predicted octanol–water partition coefficient (Wildman–Crippen LogP) is 2.87. The van der Waals surface area contributed by atoms with Gasteiger partial charge in [0.2, 0.25) is 0 Å². The van der Waals surface area contributed by atoms with Gasteiger partial charge in [0.15, 0.2) is 0 Å². The highest BCUT2D eigenvalue weighted by Crippen LogP contribution is 2.29. The van der Waals surface area contributed by atoms with Gasteiger partial charge in [-0.1, -0.05) is 6.42 Å². The quantitative estimate of drug-likeness (QED) is 0.776. The van der Waals surface area contributed by atoms with Gasteiger partial charge in [0.1, 0.15) is 0 Å². The Morgan fingerprint density at radius 1 is 1.40 bits per heavy atom. The topological polar surface area (TPSA) is 42.4 Å². The summed E-state index contributed by atoms with van der Waals surface area (Å²) in [6.07, 6.45) is 7.82. The zero-order valence-electron chi connectivity index (χ0n) is 12.5. The van der Waals surface area contributed by atoms with Crippen molar-refractivity contribution in [2.45, 2.75) is 45.6 Å². The third kappa shape index (κ3) is 3.79. The molecule has 1 fully saturated rings. The number of hydrogen-bond acceptors (Lipinski definition) is 4. The fraction of sp³-hybridized carbons (Fsp3) is 0.625. The van der Waals surface area contributed by atoms with Crippen molar-refractivity contribution in [3.05, 3.63) is 29.6 Å². The largest absolute Gasteiger partial charge is 0.466 e. The van der Waals surface area contributed by atoms with Gasteiger partial charge in [-0.25, -0.2) is 0 Å². The number of piperidine rings is 1. The summed E-state index contributed by atoms with van der Waals surface area (Å²) in [5.74, 6) is -0.119. The molecule has 0 spiro atoms. The molecule has 0 bridgehead atoms. The van der Waals surface area contributed by atoms with Gasteiger partial charge in [-0.3, -0.25) is 14.7 Å². The number of nitrogens with zero attached hydrogens (tertiary/aromatic N) is 2. The molecule has 1 atom stereocenters. The first-order valence-electron chi connectivity index (χ1n) is 7.52. The number of likely N-dealkylation sites (tertiary alicyclic amines) is 1. The maximum absolute atomic E-state index is 11.9. The second-order valence-electron chi connectivity index (χ2n) is 5.35. The van der Waals surface area contributed by atoms with Crippen LogP contribution in [0.4, 0.5) is 0 Å². The van der Waals surface area contributed by atoms with E-state index in [2.05, 4.69) is 16.8 Å². The summed E-state index contributed by atoms with van der Waals surface area (Å²) in [7, 11) is 0. The second-order valence-corrected chi connectivity index (χ2v) is 5.35. The van der Waals surface area contributed by atoms with Crippen molar-refractivity contribution < 1.29 is 9.53 Å². The highest BCUT2D eigenvalue weighted by Gasteiger charge is 2.26. The molecule has 1 aliphatic rings. The van der Waals surface area contributed by atoms with E-state index < -0.39 is 0 Å². The highest BCUT2D eigenvalue weighted by molar-refractivity contribution is 5.70. The highest BCUT2D eigenvalue weighted by atomic mass is 16.5. The van der Waals surface area contributed by atoms with Crippen LogP contribution in [0, 0.1) is 6.92 Å². The Hall–Kier alpha value is -1.42. The first kappa shape index (κ1) is 15.0. The molecule has 0 N–H and O–H groups in total. The number of carbonyl (C=O) groups excluding carboxylic acids is 1. The molecule has 0 saturated carbocycles. The van der Waals surface area contributed by atoms with Crippen LogP contribution in [-0.4, -0.2) is 35.5 Å². The number of esters is 1. The Morgan fingerprint density at radius 3 is 2.80 bits per heavy atom. The van der Waals surface area contributed by atoms with E-state index in [1.54, 1.807) is 6.20 Å². The van der Waals surface area contributed by atoms with Crippen LogP contribution in [0.3, 0.4) is 0 Å². The molecule has 1 aromatic heterocycles. The second kappa shape index (κ2) is 7.39. The van der Waals surface area contributed by atoms with Crippen molar-refractivity contribution >= 4 is 5.97 Å². The van der Waals surface area contributed by atoms with E-state index in [9.17, 15) is 4.79 Å².